The molecule has 1 amide bonds. The van der Waals surface area contributed by atoms with Gasteiger partial charge in [0.15, 0.2) is 0 Å². The first kappa shape index (κ1) is 16.6. The molecule has 0 bridgehead atoms. The predicted octanol–water partition coefficient (Wildman–Crippen LogP) is 3.74. The average molecular weight is 345 g/mol. The van der Waals surface area contributed by atoms with Crippen LogP contribution in [0, 0.1) is 17.0 Å². The van der Waals surface area contributed by atoms with Gasteiger partial charge in [-0.2, -0.15) is 0 Å². The Morgan fingerprint density at radius 3 is 2.96 bits per heavy atom. The molecule has 1 atom stereocenters. The van der Waals surface area contributed by atoms with Crippen molar-refractivity contribution in [2.75, 3.05) is 18.4 Å². The zero-order valence-electron chi connectivity index (χ0n) is 13.4. The van der Waals surface area contributed by atoms with E-state index in [0.717, 1.165) is 19.4 Å². The standard InChI is InChI=1S/C17H19N3O3S/c1-12-10-13(20(22)23)6-7-14(12)18-17(21)11-19-8-2-4-15(19)16-5-3-9-24-16/h3,5-7,9-10,15H,2,4,8,11H2,1H3,(H,18,21)/t15-/m1/s1. The van der Waals surface area contributed by atoms with Gasteiger partial charge in [0.25, 0.3) is 5.69 Å². The van der Waals surface area contributed by atoms with Gasteiger partial charge in [0, 0.05) is 28.7 Å². The Morgan fingerprint density at radius 1 is 1.46 bits per heavy atom. The van der Waals surface area contributed by atoms with Crippen LogP contribution in [-0.4, -0.2) is 28.8 Å². The van der Waals surface area contributed by atoms with Crippen molar-refractivity contribution >= 4 is 28.6 Å². The van der Waals surface area contributed by atoms with Crippen LogP contribution in [0.4, 0.5) is 11.4 Å². The lowest BCUT2D eigenvalue weighted by molar-refractivity contribution is -0.384. The number of amides is 1. The topological polar surface area (TPSA) is 75.5 Å². The summed E-state index contributed by atoms with van der Waals surface area (Å²) in [4.78, 5) is 26.2. The van der Waals surface area contributed by atoms with E-state index in [1.165, 1.54) is 17.0 Å². The maximum Gasteiger partial charge on any atom is 0.269 e. The van der Waals surface area contributed by atoms with Gasteiger partial charge < -0.3 is 5.32 Å². The van der Waals surface area contributed by atoms with E-state index >= 15 is 0 Å². The molecular weight excluding hydrogens is 326 g/mol. The molecule has 2 heterocycles. The van der Waals surface area contributed by atoms with Crippen molar-refractivity contribution < 1.29 is 9.72 Å². The van der Waals surface area contributed by atoms with Crippen LogP contribution in [0.2, 0.25) is 0 Å². The minimum absolute atomic E-state index is 0.0304. The Morgan fingerprint density at radius 2 is 2.29 bits per heavy atom. The number of nitrogens with zero attached hydrogens (tertiary/aromatic N) is 2. The van der Waals surface area contributed by atoms with Crippen LogP contribution in [0.3, 0.4) is 0 Å². The Kier molecular flexibility index (Phi) is 4.92. The minimum atomic E-state index is -0.436. The van der Waals surface area contributed by atoms with Gasteiger partial charge >= 0.3 is 0 Å². The number of rotatable bonds is 5. The fourth-order valence-electron chi connectivity index (χ4n) is 3.09. The largest absolute Gasteiger partial charge is 0.325 e. The van der Waals surface area contributed by atoms with Crippen molar-refractivity contribution in [3.8, 4) is 0 Å². The Balaban J connectivity index is 1.64. The maximum atomic E-state index is 12.4. The first-order valence-electron chi connectivity index (χ1n) is 7.87. The Labute approximate surface area is 144 Å². The number of hydrogen-bond acceptors (Lipinski definition) is 5. The number of carbonyl (C=O) groups is 1. The van der Waals surface area contributed by atoms with Gasteiger partial charge in [0.1, 0.15) is 0 Å². The lowest BCUT2D eigenvalue weighted by atomic mass is 10.1. The lowest BCUT2D eigenvalue weighted by Crippen LogP contribution is -2.32. The molecule has 3 rings (SSSR count). The molecule has 1 N–H and O–H groups in total. The monoisotopic (exact) mass is 345 g/mol. The fourth-order valence-corrected chi connectivity index (χ4v) is 3.99. The van der Waals surface area contributed by atoms with Crippen molar-refractivity contribution in [3.63, 3.8) is 0 Å². The lowest BCUT2D eigenvalue weighted by Gasteiger charge is -2.23. The van der Waals surface area contributed by atoms with Crippen molar-refractivity contribution in [3.05, 3.63) is 56.3 Å². The maximum absolute atomic E-state index is 12.4. The molecule has 0 radical (unpaired) electrons. The second-order valence-electron chi connectivity index (χ2n) is 5.95. The van der Waals surface area contributed by atoms with Crippen LogP contribution in [0.5, 0.6) is 0 Å². The number of benzene rings is 1. The molecule has 126 valence electrons. The second kappa shape index (κ2) is 7.11. The van der Waals surface area contributed by atoms with Crippen LogP contribution in [0.25, 0.3) is 0 Å². The molecule has 1 aromatic carbocycles. The number of nitrogens with one attached hydrogen (secondary N) is 1. The summed E-state index contributed by atoms with van der Waals surface area (Å²) in [6.07, 6.45) is 2.16. The number of thiophene rings is 1. The molecule has 1 aromatic heterocycles. The van der Waals surface area contributed by atoms with Gasteiger partial charge in [-0.3, -0.25) is 19.8 Å². The highest BCUT2D eigenvalue weighted by atomic mass is 32.1. The second-order valence-corrected chi connectivity index (χ2v) is 6.93. The number of hydrogen-bond donors (Lipinski definition) is 1. The SMILES string of the molecule is Cc1cc([N+](=O)[O-])ccc1NC(=O)CN1CCC[C@@H]1c1cccs1. The highest BCUT2D eigenvalue weighted by Crippen LogP contribution is 2.34. The minimum Gasteiger partial charge on any atom is -0.325 e. The molecule has 0 aliphatic carbocycles. The van der Waals surface area contributed by atoms with Crippen molar-refractivity contribution in [2.45, 2.75) is 25.8 Å². The van der Waals surface area contributed by atoms with Crippen LogP contribution < -0.4 is 5.32 Å². The first-order valence-corrected chi connectivity index (χ1v) is 8.75. The number of carbonyl (C=O) groups excluding carboxylic acids is 1. The molecule has 1 aliphatic heterocycles. The predicted molar refractivity (Wildman–Crippen MR) is 94.3 cm³/mol. The third-order valence-corrected chi connectivity index (χ3v) is 5.25. The highest BCUT2D eigenvalue weighted by Gasteiger charge is 2.28. The smallest absolute Gasteiger partial charge is 0.269 e. The summed E-state index contributed by atoms with van der Waals surface area (Å²) in [5.74, 6) is -0.0876. The number of non-ortho nitro benzene ring substituents is 1. The summed E-state index contributed by atoms with van der Waals surface area (Å²) in [7, 11) is 0. The molecule has 1 aliphatic rings. The van der Waals surface area contributed by atoms with Crippen LogP contribution in [-0.2, 0) is 4.79 Å². The van der Waals surface area contributed by atoms with Crippen molar-refractivity contribution in [2.24, 2.45) is 0 Å². The Bertz CT molecular complexity index is 746. The number of anilines is 1. The van der Waals surface area contributed by atoms with Gasteiger partial charge in [0.2, 0.25) is 5.91 Å². The van der Waals surface area contributed by atoms with E-state index in [2.05, 4.69) is 21.7 Å². The molecule has 2 aromatic rings. The zero-order chi connectivity index (χ0) is 17.1. The third-order valence-electron chi connectivity index (χ3n) is 4.28. The normalized spacial score (nSPS) is 17.8. The van der Waals surface area contributed by atoms with Gasteiger partial charge in [-0.1, -0.05) is 6.07 Å². The molecule has 0 saturated carbocycles. The van der Waals surface area contributed by atoms with Crippen molar-refractivity contribution in [1.29, 1.82) is 0 Å². The molecular formula is C17H19N3O3S. The molecule has 7 heteroatoms. The van der Waals surface area contributed by atoms with E-state index in [1.54, 1.807) is 24.3 Å². The molecule has 1 fully saturated rings. The van der Waals surface area contributed by atoms with E-state index in [1.807, 2.05) is 6.07 Å². The summed E-state index contributed by atoms with van der Waals surface area (Å²) in [6, 6.07) is 8.94. The van der Waals surface area contributed by atoms with E-state index in [-0.39, 0.29) is 11.6 Å². The zero-order valence-corrected chi connectivity index (χ0v) is 14.2. The summed E-state index contributed by atoms with van der Waals surface area (Å²) in [5, 5.41) is 15.7. The van der Waals surface area contributed by atoms with E-state index in [4.69, 9.17) is 0 Å². The summed E-state index contributed by atoms with van der Waals surface area (Å²) < 4.78 is 0. The average Bonchev–Trinajstić information content (AvgIpc) is 3.19. The third kappa shape index (κ3) is 3.63. The number of likely N-dealkylation sites (tertiary alicyclic amines) is 1. The summed E-state index contributed by atoms with van der Waals surface area (Å²) in [5.41, 5.74) is 1.34. The first-order chi connectivity index (χ1) is 11.5. The highest BCUT2D eigenvalue weighted by molar-refractivity contribution is 7.10. The van der Waals surface area contributed by atoms with Gasteiger partial charge in [-0.25, -0.2) is 0 Å². The molecule has 0 unspecified atom stereocenters. The van der Waals surface area contributed by atoms with Crippen LogP contribution in [0.15, 0.2) is 35.7 Å². The number of nitro benzene ring substituents is 1. The van der Waals surface area contributed by atoms with Crippen molar-refractivity contribution in [1.82, 2.24) is 4.90 Å². The summed E-state index contributed by atoms with van der Waals surface area (Å²) in [6.45, 7) is 3.00. The number of aryl methyl sites for hydroxylation is 1. The fraction of sp³-hybridized carbons (Fsp3) is 0.353. The van der Waals surface area contributed by atoms with Gasteiger partial charge in [-0.05, 0) is 49.4 Å². The Hall–Kier alpha value is -2.25. The van der Waals surface area contributed by atoms with E-state index in [9.17, 15) is 14.9 Å². The molecule has 0 spiro atoms. The molecule has 24 heavy (non-hydrogen) atoms. The van der Waals surface area contributed by atoms with Crippen LogP contribution >= 0.6 is 11.3 Å². The van der Waals surface area contributed by atoms with E-state index in [0.29, 0.717) is 23.8 Å². The number of nitro groups is 1. The molecule has 1 saturated heterocycles. The van der Waals surface area contributed by atoms with Gasteiger partial charge in [-0.15, -0.1) is 11.3 Å². The van der Waals surface area contributed by atoms with E-state index < -0.39 is 4.92 Å². The summed E-state index contributed by atoms with van der Waals surface area (Å²) >= 11 is 1.72. The quantitative estimate of drug-likeness (QED) is 0.661. The molecule has 6 nitrogen and oxygen atoms in total. The van der Waals surface area contributed by atoms with Crippen LogP contribution in [0.1, 0.15) is 29.3 Å². The van der Waals surface area contributed by atoms with Gasteiger partial charge in [0.05, 0.1) is 11.5 Å².